The van der Waals surface area contributed by atoms with Crippen molar-refractivity contribution in [1.29, 1.82) is 0 Å². The van der Waals surface area contributed by atoms with Crippen molar-refractivity contribution in [2.75, 3.05) is 0 Å². The molecule has 0 spiro atoms. The van der Waals surface area contributed by atoms with Gasteiger partial charge in [0.25, 0.3) is 0 Å². The van der Waals surface area contributed by atoms with E-state index in [1.165, 1.54) is 11.1 Å². The Labute approximate surface area is 84.6 Å². The maximum Gasteiger partial charge on any atom is 0.307 e. The van der Waals surface area contributed by atoms with Gasteiger partial charge in [-0.05, 0) is 42.5 Å². The van der Waals surface area contributed by atoms with Crippen molar-refractivity contribution in [3.63, 3.8) is 0 Å². The van der Waals surface area contributed by atoms with E-state index in [4.69, 9.17) is 5.11 Å². The van der Waals surface area contributed by atoms with Crippen LogP contribution in [0.1, 0.15) is 29.2 Å². The van der Waals surface area contributed by atoms with Crippen molar-refractivity contribution in [3.8, 4) is 0 Å². The molecule has 0 atom stereocenters. The minimum absolute atomic E-state index is 0.126. The van der Waals surface area contributed by atoms with E-state index in [-0.39, 0.29) is 6.42 Å². The van der Waals surface area contributed by atoms with Gasteiger partial charge in [0.15, 0.2) is 0 Å². The van der Waals surface area contributed by atoms with Crippen LogP contribution in [-0.2, 0) is 17.6 Å². The fraction of sp³-hybridized carbons (Fsp3) is 0.417. The first-order valence-electron chi connectivity index (χ1n) is 4.85. The first-order valence-corrected chi connectivity index (χ1v) is 4.85. The van der Waals surface area contributed by atoms with Crippen molar-refractivity contribution < 1.29 is 9.90 Å². The Morgan fingerprint density at radius 1 is 1.36 bits per heavy atom. The summed E-state index contributed by atoms with van der Waals surface area (Å²) < 4.78 is 0. The maximum atomic E-state index is 10.6. The number of carboxylic acids is 1. The zero-order chi connectivity index (χ0) is 10.7. The quantitative estimate of drug-likeness (QED) is 0.798. The molecule has 0 radical (unpaired) electrons. The molecular formula is C12H16O2. The monoisotopic (exact) mass is 192 g/mol. The largest absolute Gasteiger partial charge is 0.481 e. The first kappa shape index (κ1) is 10.8. The number of hydrogen-bond donors (Lipinski definition) is 1. The second kappa shape index (κ2) is 4.27. The highest BCUT2D eigenvalue weighted by molar-refractivity contribution is 5.71. The van der Waals surface area contributed by atoms with E-state index in [1.54, 1.807) is 0 Å². The third kappa shape index (κ3) is 2.34. The minimum atomic E-state index is -0.763. The first-order chi connectivity index (χ1) is 6.54. The summed E-state index contributed by atoms with van der Waals surface area (Å²) in [5, 5.41) is 8.75. The van der Waals surface area contributed by atoms with Crippen molar-refractivity contribution in [3.05, 3.63) is 34.4 Å². The molecule has 1 aromatic carbocycles. The zero-order valence-corrected chi connectivity index (χ0v) is 8.92. The number of benzene rings is 1. The van der Waals surface area contributed by atoms with Crippen LogP contribution in [0.15, 0.2) is 12.1 Å². The van der Waals surface area contributed by atoms with E-state index in [2.05, 4.69) is 13.0 Å². The van der Waals surface area contributed by atoms with E-state index in [1.807, 2.05) is 19.9 Å². The Kier molecular flexibility index (Phi) is 3.28. The number of carbonyl (C=O) groups is 1. The lowest BCUT2D eigenvalue weighted by Crippen LogP contribution is -2.04. The molecule has 1 aromatic rings. The summed E-state index contributed by atoms with van der Waals surface area (Å²) in [6.07, 6.45) is 1.08. The van der Waals surface area contributed by atoms with E-state index >= 15 is 0 Å². The van der Waals surface area contributed by atoms with E-state index in [9.17, 15) is 4.79 Å². The van der Waals surface area contributed by atoms with Gasteiger partial charge in [-0.2, -0.15) is 0 Å². The molecule has 0 aliphatic carbocycles. The molecule has 1 N–H and O–H groups in total. The van der Waals surface area contributed by atoms with Gasteiger partial charge < -0.3 is 5.11 Å². The molecule has 76 valence electrons. The van der Waals surface area contributed by atoms with Gasteiger partial charge in [0.2, 0.25) is 0 Å². The van der Waals surface area contributed by atoms with Crippen LogP contribution in [0.4, 0.5) is 0 Å². The van der Waals surface area contributed by atoms with Crippen LogP contribution < -0.4 is 0 Å². The van der Waals surface area contributed by atoms with Crippen LogP contribution in [0, 0.1) is 13.8 Å². The number of rotatable bonds is 3. The molecule has 0 saturated heterocycles. The highest BCUT2D eigenvalue weighted by Crippen LogP contribution is 2.17. The van der Waals surface area contributed by atoms with Crippen molar-refractivity contribution >= 4 is 5.97 Å². The molecule has 0 fully saturated rings. The Hall–Kier alpha value is -1.31. The summed E-state index contributed by atoms with van der Waals surface area (Å²) >= 11 is 0. The summed E-state index contributed by atoms with van der Waals surface area (Å²) in [4.78, 5) is 10.6. The van der Waals surface area contributed by atoms with Crippen LogP contribution >= 0.6 is 0 Å². The Bertz CT molecular complexity index is 354. The van der Waals surface area contributed by atoms with Crippen LogP contribution in [0.2, 0.25) is 0 Å². The fourth-order valence-electron chi connectivity index (χ4n) is 1.56. The zero-order valence-electron chi connectivity index (χ0n) is 8.92. The second-order valence-corrected chi connectivity index (χ2v) is 3.62. The maximum absolute atomic E-state index is 10.6. The van der Waals surface area contributed by atoms with Crippen LogP contribution in [-0.4, -0.2) is 11.1 Å². The minimum Gasteiger partial charge on any atom is -0.481 e. The molecule has 0 aromatic heterocycles. The van der Waals surface area contributed by atoms with E-state index in [0.717, 1.165) is 17.5 Å². The highest BCUT2D eigenvalue weighted by Gasteiger charge is 2.07. The lowest BCUT2D eigenvalue weighted by atomic mass is 9.96. The summed E-state index contributed by atoms with van der Waals surface area (Å²) in [5.41, 5.74) is 4.43. The number of aryl methyl sites for hydroxylation is 2. The third-order valence-corrected chi connectivity index (χ3v) is 2.58. The predicted octanol–water partition coefficient (Wildman–Crippen LogP) is 2.49. The highest BCUT2D eigenvalue weighted by atomic mass is 16.4. The van der Waals surface area contributed by atoms with Gasteiger partial charge in [0, 0.05) is 0 Å². The van der Waals surface area contributed by atoms with Crippen LogP contribution in [0.5, 0.6) is 0 Å². The van der Waals surface area contributed by atoms with Gasteiger partial charge in [-0.1, -0.05) is 19.1 Å². The van der Waals surface area contributed by atoms with E-state index < -0.39 is 5.97 Å². The van der Waals surface area contributed by atoms with Gasteiger partial charge in [0.1, 0.15) is 0 Å². The predicted molar refractivity (Wildman–Crippen MR) is 56.6 cm³/mol. The molecule has 0 heterocycles. The Balaban J connectivity index is 3.13. The Morgan fingerprint density at radius 2 is 2.00 bits per heavy atom. The molecular weight excluding hydrogens is 176 g/mol. The average molecular weight is 192 g/mol. The molecule has 0 amide bonds. The molecule has 14 heavy (non-hydrogen) atoms. The number of carboxylic acid groups (broad SMARTS) is 1. The number of aliphatic carboxylic acids is 1. The van der Waals surface area contributed by atoms with E-state index in [0.29, 0.717) is 0 Å². The number of hydrogen-bond acceptors (Lipinski definition) is 1. The molecule has 2 nitrogen and oxygen atoms in total. The van der Waals surface area contributed by atoms with Crippen molar-refractivity contribution in [2.45, 2.75) is 33.6 Å². The smallest absolute Gasteiger partial charge is 0.307 e. The van der Waals surface area contributed by atoms with Crippen LogP contribution in [0.25, 0.3) is 0 Å². The molecule has 1 rings (SSSR count). The topological polar surface area (TPSA) is 37.3 Å². The molecule has 0 saturated carbocycles. The normalized spacial score (nSPS) is 10.2. The molecule has 2 heteroatoms. The third-order valence-electron chi connectivity index (χ3n) is 2.58. The van der Waals surface area contributed by atoms with Gasteiger partial charge in [-0.15, -0.1) is 0 Å². The molecule has 0 aliphatic heterocycles. The molecule has 0 unspecified atom stereocenters. The average Bonchev–Trinajstić information content (AvgIpc) is 2.11. The van der Waals surface area contributed by atoms with Crippen molar-refractivity contribution in [2.24, 2.45) is 0 Å². The van der Waals surface area contributed by atoms with Crippen molar-refractivity contribution in [1.82, 2.24) is 0 Å². The standard InChI is InChI=1S/C12H16O2/c1-4-10-5-8(2)9(3)11(6-10)7-12(13)14/h5-6H,4,7H2,1-3H3,(H,13,14). The molecule has 0 aliphatic rings. The van der Waals surface area contributed by atoms with Gasteiger partial charge in [0.05, 0.1) is 6.42 Å². The molecule has 0 bridgehead atoms. The summed E-state index contributed by atoms with van der Waals surface area (Å²) in [5.74, 6) is -0.763. The van der Waals surface area contributed by atoms with Crippen LogP contribution in [0.3, 0.4) is 0 Å². The second-order valence-electron chi connectivity index (χ2n) is 3.62. The SMILES string of the molecule is CCc1cc(C)c(C)c(CC(=O)O)c1. The van der Waals surface area contributed by atoms with Gasteiger partial charge >= 0.3 is 5.97 Å². The summed E-state index contributed by atoms with van der Waals surface area (Å²) in [6, 6.07) is 4.12. The fourth-order valence-corrected chi connectivity index (χ4v) is 1.56. The summed E-state index contributed by atoms with van der Waals surface area (Å²) in [6.45, 7) is 6.08. The Morgan fingerprint density at radius 3 is 2.50 bits per heavy atom. The lowest BCUT2D eigenvalue weighted by Gasteiger charge is -2.09. The van der Waals surface area contributed by atoms with Gasteiger partial charge in [-0.3, -0.25) is 4.79 Å². The van der Waals surface area contributed by atoms with Gasteiger partial charge in [-0.25, -0.2) is 0 Å². The summed E-state index contributed by atoms with van der Waals surface area (Å²) in [7, 11) is 0. The lowest BCUT2D eigenvalue weighted by molar-refractivity contribution is -0.136.